The summed E-state index contributed by atoms with van der Waals surface area (Å²) < 4.78 is 2.92. The van der Waals surface area contributed by atoms with Crippen molar-refractivity contribution in [2.75, 3.05) is 11.4 Å². The Bertz CT molecular complexity index is 1460. The van der Waals surface area contributed by atoms with Crippen molar-refractivity contribution in [3.05, 3.63) is 69.3 Å². The first-order chi connectivity index (χ1) is 16.5. The van der Waals surface area contributed by atoms with Gasteiger partial charge >= 0.3 is 5.69 Å². The quantitative estimate of drug-likeness (QED) is 0.454. The number of carbonyl (C=O) groups excluding carboxylic acids is 1. The summed E-state index contributed by atoms with van der Waals surface area (Å²) in [5, 5.41) is 0. The number of rotatable bonds is 7. The van der Waals surface area contributed by atoms with Crippen LogP contribution in [0.2, 0.25) is 0 Å². The highest BCUT2D eigenvalue weighted by atomic mass is 16.2. The number of hydrogen-bond acceptors (Lipinski definition) is 6. The number of aromatic nitrogens is 6. The Morgan fingerprint density at radius 1 is 1.18 bits per heavy atom. The smallest absolute Gasteiger partial charge is 0.332 e. The zero-order valence-corrected chi connectivity index (χ0v) is 19.1. The van der Waals surface area contributed by atoms with Gasteiger partial charge in [0.2, 0.25) is 0 Å². The number of anilines is 1. The Hall–Kier alpha value is -4.08. The summed E-state index contributed by atoms with van der Waals surface area (Å²) >= 11 is 0. The number of H-pyrrole nitrogens is 1. The molecule has 1 aliphatic carbocycles. The van der Waals surface area contributed by atoms with Crippen LogP contribution in [0.25, 0.3) is 22.6 Å². The van der Waals surface area contributed by atoms with Gasteiger partial charge in [-0.2, -0.15) is 0 Å². The number of aromatic amines is 1. The fourth-order valence-corrected chi connectivity index (χ4v) is 4.09. The van der Waals surface area contributed by atoms with E-state index in [1.807, 2.05) is 13.8 Å². The van der Waals surface area contributed by atoms with Gasteiger partial charge in [0.1, 0.15) is 17.2 Å². The fraction of sp³-hybridized carbons (Fsp3) is 0.333. The summed E-state index contributed by atoms with van der Waals surface area (Å²) in [7, 11) is 0. The van der Waals surface area contributed by atoms with Gasteiger partial charge in [0, 0.05) is 43.3 Å². The maximum Gasteiger partial charge on any atom is 0.333 e. The molecule has 0 aliphatic heterocycles. The molecule has 1 N–H and O–H groups in total. The van der Waals surface area contributed by atoms with Gasteiger partial charge in [-0.05, 0) is 50.5 Å². The van der Waals surface area contributed by atoms with E-state index in [-0.39, 0.29) is 23.2 Å². The summed E-state index contributed by atoms with van der Waals surface area (Å²) in [4.78, 5) is 56.6. The second-order valence-corrected chi connectivity index (χ2v) is 8.32. The first kappa shape index (κ1) is 21.7. The summed E-state index contributed by atoms with van der Waals surface area (Å²) in [5.41, 5.74) is 1.17. The van der Waals surface area contributed by atoms with Gasteiger partial charge in [-0.15, -0.1) is 0 Å². The minimum atomic E-state index is -0.336. The van der Waals surface area contributed by atoms with Gasteiger partial charge in [0.15, 0.2) is 5.65 Å². The van der Waals surface area contributed by atoms with Crippen molar-refractivity contribution in [1.82, 2.24) is 29.1 Å². The molecule has 0 spiro atoms. The molecule has 1 saturated carbocycles. The molecular formula is C24H25N7O3. The number of nitrogens with zero attached hydrogens (tertiary/aromatic N) is 6. The molecule has 1 fully saturated rings. The highest BCUT2D eigenvalue weighted by molar-refractivity contribution is 6.05. The van der Waals surface area contributed by atoms with Gasteiger partial charge in [0.05, 0.1) is 5.56 Å². The molecule has 0 unspecified atom stereocenters. The summed E-state index contributed by atoms with van der Waals surface area (Å²) in [5.74, 6) is 0.754. The van der Waals surface area contributed by atoms with Crippen LogP contribution in [0.4, 0.5) is 5.82 Å². The lowest BCUT2D eigenvalue weighted by atomic mass is 10.2. The zero-order valence-electron chi connectivity index (χ0n) is 19.1. The van der Waals surface area contributed by atoms with Crippen molar-refractivity contribution in [2.24, 2.45) is 0 Å². The highest BCUT2D eigenvalue weighted by Gasteiger charge is 2.30. The third-order valence-electron chi connectivity index (χ3n) is 5.94. The SMILES string of the molecule is CCCn1c(=O)n(C2CC2)c(=O)c2[nH]c(-c3ccc(N(CC)C(=O)c4cccnc4)nc3)nc21. The molecule has 4 aromatic rings. The Morgan fingerprint density at radius 2 is 2.00 bits per heavy atom. The average molecular weight is 460 g/mol. The van der Waals surface area contributed by atoms with Crippen LogP contribution < -0.4 is 16.1 Å². The Kier molecular flexibility index (Phi) is 5.56. The summed E-state index contributed by atoms with van der Waals surface area (Å²) in [6.07, 6.45) is 7.17. The lowest BCUT2D eigenvalue weighted by Gasteiger charge is -2.19. The number of nitrogens with one attached hydrogen (secondary N) is 1. The van der Waals surface area contributed by atoms with E-state index in [0.29, 0.717) is 47.0 Å². The molecule has 5 rings (SSSR count). The Balaban J connectivity index is 1.53. The molecule has 0 aromatic carbocycles. The minimum absolute atomic E-state index is 0.0300. The molecule has 0 saturated heterocycles. The number of pyridine rings is 2. The van der Waals surface area contributed by atoms with E-state index < -0.39 is 0 Å². The molecule has 4 aromatic heterocycles. The van der Waals surface area contributed by atoms with Crippen molar-refractivity contribution < 1.29 is 4.79 Å². The number of carbonyl (C=O) groups is 1. The van der Waals surface area contributed by atoms with Gasteiger partial charge in [-0.3, -0.25) is 28.6 Å². The van der Waals surface area contributed by atoms with Crippen molar-refractivity contribution in [3.63, 3.8) is 0 Å². The van der Waals surface area contributed by atoms with Crippen LogP contribution in [0.5, 0.6) is 0 Å². The zero-order chi connectivity index (χ0) is 23.8. The van der Waals surface area contributed by atoms with E-state index in [0.717, 1.165) is 19.3 Å². The minimum Gasteiger partial charge on any atom is -0.332 e. The predicted molar refractivity (Wildman–Crippen MR) is 128 cm³/mol. The van der Waals surface area contributed by atoms with E-state index >= 15 is 0 Å². The monoisotopic (exact) mass is 459 g/mol. The fourth-order valence-electron chi connectivity index (χ4n) is 4.09. The molecule has 0 atom stereocenters. The lowest BCUT2D eigenvalue weighted by molar-refractivity contribution is 0.0987. The largest absolute Gasteiger partial charge is 0.333 e. The second-order valence-electron chi connectivity index (χ2n) is 8.32. The van der Waals surface area contributed by atoms with Crippen LogP contribution in [0, 0.1) is 0 Å². The van der Waals surface area contributed by atoms with Crippen molar-refractivity contribution in [1.29, 1.82) is 0 Å². The van der Waals surface area contributed by atoms with Crippen LogP contribution in [0.1, 0.15) is 49.5 Å². The third-order valence-corrected chi connectivity index (χ3v) is 5.94. The molecule has 0 bridgehead atoms. The number of fused-ring (bicyclic) bond motifs is 1. The third kappa shape index (κ3) is 3.70. The van der Waals surface area contributed by atoms with Crippen molar-refractivity contribution in [3.8, 4) is 11.4 Å². The molecule has 1 aliphatic rings. The van der Waals surface area contributed by atoms with E-state index in [9.17, 15) is 14.4 Å². The molecule has 10 heteroatoms. The van der Waals surface area contributed by atoms with Gasteiger partial charge in [0.25, 0.3) is 11.5 Å². The van der Waals surface area contributed by atoms with Crippen LogP contribution >= 0.6 is 0 Å². The standard InChI is InChI=1S/C24H25N7O3/c1-3-12-30-21-19(23(33)31(24(30)34)17-8-9-17)27-20(28-21)15-7-10-18(26-14-15)29(4-2)22(32)16-6-5-11-25-13-16/h5-7,10-11,13-14,17H,3-4,8-9,12H2,1-2H3,(H,27,28). The first-order valence-corrected chi connectivity index (χ1v) is 11.5. The van der Waals surface area contributed by atoms with E-state index in [1.165, 1.54) is 10.8 Å². The molecule has 4 heterocycles. The topological polar surface area (TPSA) is 119 Å². The first-order valence-electron chi connectivity index (χ1n) is 11.5. The molecule has 174 valence electrons. The van der Waals surface area contributed by atoms with E-state index in [4.69, 9.17) is 0 Å². The summed E-state index contributed by atoms with van der Waals surface area (Å²) in [6.45, 7) is 4.77. The van der Waals surface area contributed by atoms with E-state index in [2.05, 4.69) is 19.9 Å². The van der Waals surface area contributed by atoms with Gasteiger partial charge in [-0.1, -0.05) is 6.92 Å². The highest BCUT2D eigenvalue weighted by Crippen LogP contribution is 2.32. The maximum atomic E-state index is 13.0. The van der Waals surface area contributed by atoms with Crippen LogP contribution in [0.3, 0.4) is 0 Å². The number of amides is 1. The average Bonchev–Trinajstić information content (AvgIpc) is 3.59. The molecule has 1 amide bonds. The normalized spacial score (nSPS) is 13.4. The van der Waals surface area contributed by atoms with Crippen LogP contribution in [0.15, 0.2) is 52.4 Å². The van der Waals surface area contributed by atoms with E-state index in [1.54, 1.807) is 46.1 Å². The molecular weight excluding hydrogens is 434 g/mol. The molecule has 34 heavy (non-hydrogen) atoms. The lowest BCUT2D eigenvalue weighted by Crippen LogP contribution is -2.39. The number of aryl methyl sites for hydroxylation is 1. The molecule has 10 nitrogen and oxygen atoms in total. The molecule has 0 radical (unpaired) electrons. The Morgan fingerprint density at radius 3 is 2.62 bits per heavy atom. The van der Waals surface area contributed by atoms with Crippen molar-refractivity contribution in [2.45, 2.75) is 45.7 Å². The predicted octanol–water partition coefficient (Wildman–Crippen LogP) is 2.75. The number of imidazole rings is 1. The van der Waals surface area contributed by atoms with Gasteiger partial charge < -0.3 is 4.98 Å². The maximum absolute atomic E-state index is 13.0. The van der Waals surface area contributed by atoms with Gasteiger partial charge in [-0.25, -0.2) is 14.8 Å². The van der Waals surface area contributed by atoms with Crippen molar-refractivity contribution >= 4 is 22.9 Å². The Labute approximate surface area is 194 Å². The van der Waals surface area contributed by atoms with Crippen LogP contribution in [-0.4, -0.2) is 41.5 Å². The summed E-state index contributed by atoms with van der Waals surface area (Å²) in [6, 6.07) is 6.93. The second kappa shape index (κ2) is 8.69. The number of hydrogen-bond donors (Lipinski definition) is 1. The van der Waals surface area contributed by atoms with Crippen LogP contribution in [-0.2, 0) is 6.54 Å².